The number of carbonyl (C=O) groups is 2. The molecule has 5 heteroatoms. The zero-order chi connectivity index (χ0) is 11.4. The van der Waals surface area contributed by atoms with Crippen LogP contribution in [0.3, 0.4) is 0 Å². The van der Waals surface area contributed by atoms with Crippen molar-refractivity contribution < 1.29 is 9.59 Å². The number of alkyl halides is 1. The van der Waals surface area contributed by atoms with Crippen LogP contribution in [0.5, 0.6) is 0 Å². The molecular formula is C10H5BrINO2. The summed E-state index contributed by atoms with van der Waals surface area (Å²) in [5.74, 6) is -0.161. The lowest BCUT2D eigenvalue weighted by molar-refractivity contribution is 0.101. The lowest BCUT2D eigenvalue weighted by Crippen LogP contribution is -2.07. The Hall–Kier alpha value is -0.740. The van der Waals surface area contributed by atoms with Gasteiger partial charge in [0.25, 0.3) is 0 Å². The summed E-state index contributed by atoms with van der Waals surface area (Å²) in [6.45, 7) is 0. The maximum atomic E-state index is 11.5. The van der Waals surface area contributed by atoms with E-state index in [-0.39, 0.29) is 16.7 Å². The van der Waals surface area contributed by atoms with E-state index in [1.807, 2.05) is 28.7 Å². The summed E-state index contributed by atoms with van der Waals surface area (Å²) in [6.07, 6.45) is 0.596. The molecule has 0 N–H and O–H groups in total. The number of Topliss-reactive ketones (excluding diaryl/α,β-unsaturated/α-hetero) is 1. The number of nitrogens with zero attached hydrogens (tertiary/aromatic N) is 1. The number of rotatable bonds is 3. The molecule has 0 bridgehead atoms. The van der Waals surface area contributed by atoms with Crippen LogP contribution in [0.25, 0.3) is 0 Å². The maximum absolute atomic E-state index is 11.5. The molecule has 0 saturated carbocycles. The first-order chi connectivity index (χ1) is 7.13. The number of nitriles is 1. The summed E-state index contributed by atoms with van der Waals surface area (Å²) in [4.78, 5) is 22.3. The minimum absolute atomic E-state index is 0.161. The second kappa shape index (κ2) is 5.37. The van der Waals surface area contributed by atoms with E-state index in [0.29, 0.717) is 21.0 Å². The number of benzene rings is 1. The van der Waals surface area contributed by atoms with E-state index in [1.165, 1.54) is 6.07 Å². The highest BCUT2D eigenvalue weighted by Gasteiger charge is 2.15. The van der Waals surface area contributed by atoms with Crippen LogP contribution in [0.15, 0.2) is 12.1 Å². The summed E-state index contributed by atoms with van der Waals surface area (Å²) in [5, 5.41) is 8.87. The predicted octanol–water partition coefficient (Wildman–Crippen LogP) is 2.55. The van der Waals surface area contributed by atoms with Gasteiger partial charge >= 0.3 is 0 Å². The molecule has 0 radical (unpaired) electrons. The van der Waals surface area contributed by atoms with Crippen LogP contribution in [0, 0.1) is 14.9 Å². The Morgan fingerprint density at radius 2 is 2.27 bits per heavy atom. The molecule has 1 aromatic carbocycles. The minimum atomic E-state index is -0.161. The lowest BCUT2D eigenvalue weighted by atomic mass is 10.0. The van der Waals surface area contributed by atoms with E-state index >= 15 is 0 Å². The fraction of sp³-hybridized carbons (Fsp3) is 0.100. The Balaban J connectivity index is 3.45. The van der Waals surface area contributed by atoms with Gasteiger partial charge in [-0.2, -0.15) is 5.26 Å². The molecule has 0 fully saturated rings. The van der Waals surface area contributed by atoms with Gasteiger partial charge in [-0.3, -0.25) is 9.59 Å². The number of ketones is 1. The Morgan fingerprint density at radius 3 is 2.73 bits per heavy atom. The molecule has 0 aliphatic heterocycles. The molecule has 0 spiro atoms. The molecule has 0 aliphatic carbocycles. The van der Waals surface area contributed by atoms with Crippen molar-refractivity contribution in [2.45, 2.75) is 0 Å². The molecule has 15 heavy (non-hydrogen) atoms. The van der Waals surface area contributed by atoms with Crippen molar-refractivity contribution in [1.82, 2.24) is 0 Å². The first kappa shape index (κ1) is 12.3. The molecule has 0 aliphatic rings. The fourth-order valence-corrected chi connectivity index (χ4v) is 2.37. The molecule has 0 saturated heterocycles. The average molecular weight is 378 g/mol. The summed E-state index contributed by atoms with van der Waals surface area (Å²) >= 11 is 5.00. The van der Waals surface area contributed by atoms with Gasteiger partial charge in [-0.05, 0) is 34.7 Å². The van der Waals surface area contributed by atoms with Gasteiger partial charge in [0.15, 0.2) is 12.1 Å². The molecule has 0 atom stereocenters. The van der Waals surface area contributed by atoms with Crippen molar-refractivity contribution >= 4 is 50.6 Å². The predicted molar refractivity (Wildman–Crippen MR) is 67.4 cm³/mol. The molecule has 1 rings (SSSR count). The van der Waals surface area contributed by atoms with E-state index in [1.54, 1.807) is 6.07 Å². The van der Waals surface area contributed by atoms with Gasteiger partial charge in [0.2, 0.25) is 0 Å². The number of hydrogen-bond acceptors (Lipinski definition) is 3. The molecule has 1 aromatic rings. The monoisotopic (exact) mass is 377 g/mol. The normalized spacial score (nSPS) is 9.40. The minimum Gasteiger partial charge on any atom is -0.298 e. The fourth-order valence-electron chi connectivity index (χ4n) is 1.15. The zero-order valence-corrected chi connectivity index (χ0v) is 11.2. The number of carbonyl (C=O) groups excluding carboxylic acids is 2. The Morgan fingerprint density at radius 1 is 1.60 bits per heavy atom. The van der Waals surface area contributed by atoms with Gasteiger partial charge in [0.05, 0.1) is 17.0 Å². The standard InChI is InChI=1S/C10H5BrINO2/c11-3-9(15)10-7(5-14)1-6(4-13)2-8(10)12/h1-2,5H,3H2. The van der Waals surface area contributed by atoms with Crippen molar-refractivity contribution in [3.8, 4) is 6.07 Å². The molecule has 0 unspecified atom stereocenters. The first-order valence-corrected chi connectivity index (χ1v) is 6.12. The van der Waals surface area contributed by atoms with Crippen molar-refractivity contribution in [3.63, 3.8) is 0 Å². The van der Waals surface area contributed by atoms with E-state index in [9.17, 15) is 9.59 Å². The quantitative estimate of drug-likeness (QED) is 0.352. The third kappa shape index (κ3) is 2.63. The van der Waals surface area contributed by atoms with Crippen molar-refractivity contribution in [3.05, 3.63) is 32.4 Å². The van der Waals surface area contributed by atoms with Crippen molar-refractivity contribution in [1.29, 1.82) is 5.26 Å². The SMILES string of the molecule is N#Cc1cc(I)c(C(=O)CBr)c(C=O)c1. The van der Waals surface area contributed by atoms with Crippen LogP contribution < -0.4 is 0 Å². The first-order valence-electron chi connectivity index (χ1n) is 3.92. The topological polar surface area (TPSA) is 57.9 Å². The number of hydrogen-bond donors (Lipinski definition) is 0. The molecular weight excluding hydrogens is 373 g/mol. The summed E-state index contributed by atoms with van der Waals surface area (Å²) in [5.41, 5.74) is 1.02. The van der Waals surface area contributed by atoms with Crippen LogP contribution >= 0.6 is 38.5 Å². The van der Waals surface area contributed by atoms with Crippen molar-refractivity contribution in [2.75, 3.05) is 5.33 Å². The van der Waals surface area contributed by atoms with Gasteiger partial charge < -0.3 is 0 Å². The van der Waals surface area contributed by atoms with E-state index in [0.717, 1.165) is 0 Å². The number of aldehydes is 1. The van der Waals surface area contributed by atoms with E-state index < -0.39 is 0 Å². The second-order valence-electron chi connectivity index (χ2n) is 2.71. The second-order valence-corrected chi connectivity index (χ2v) is 4.43. The molecule has 76 valence electrons. The van der Waals surface area contributed by atoms with E-state index in [4.69, 9.17) is 5.26 Å². The zero-order valence-electron chi connectivity index (χ0n) is 7.46. The summed E-state index contributed by atoms with van der Waals surface area (Å²) in [7, 11) is 0. The smallest absolute Gasteiger partial charge is 0.175 e. The Labute approximate surface area is 109 Å². The van der Waals surface area contributed by atoms with Gasteiger partial charge in [-0.1, -0.05) is 15.9 Å². The van der Waals surface area contributed by atoms with Crippen LogP contribution in [0.4, 0.5) is 0 Å². The Kier molecular flexibility index (Phi) is 4.42. The van der Waals surface area contributed by atoms with Crippen LogP contribution in [-0.4, -0.2) is 17.4 Å². The third-order valence-electron chi connectivity index (χ3n) is 1.78. The maximum Gasteiger partial charge on any atom is 0.175 e. The van der Waals surface area contributed by atoms with Crippen LogP contribution in [-0.2, 0) is 0 Å². The van der Waals surface area contributed by atoms with E-state index in [2.05, 4.69) is 15.9 Å². The lowest BCUT2D eigenvalue weighted by Gasteiger charge is -2.05. The molecule has 3 nitrogen and oxygen atoms in total. The summed E-state index contributed by atoms with van der Waals surface area (Å²) in [6, 6.07) is 4.95. The van der Waals surface area contributed by atoms with Gasteiger partial charge in [-0.15, -0.1) is 0 Å². The van der Waals surface area contributed by atoms with Crippen LogP contribution in [0.1, 0.15) is 26.3 Å². The largest absolute Gasteiger partial charge is 0.298 e. The van der Waals surface area contributed by atoms with Crippen LogP contribution in [0.2, 0.25) is 0 Å². The number of halogens is 2. The van der Waals surface area contributed by atoms with Gasteiger partial charge in [-0.25, -0.2) is 0 Å². The summed E-state index contributed by atoms with van der Waals surface area (Å²) < 4.78 is 0.623. The average Bonchev–Trinajstić information content (AvgIpc) is 2.26. The highest BCUT2D eigenvalue weighted by molar-refractivity contribution is 14.1. The molecule has 0 aromatic heterocycles. The van der Waals surface area contributed by atoms with Gasteiger partial charge in [0.1, 0.15) is 0 Å². The third-order valence-corrected chi connectivity index (χ3v) is 3.14. The van der Waals surface area contributed by atoms with Gasteiger partial charge in [0, 0.05) is 14.7 Å². The molecule has 0 heterocycles. The highest BCUT2D eigenvalue weighted by atomic mass is 127. The van der Waals surface area contributed by atoms with Crippen molar-refractivity contribution in [2.24, 2.45) is 0 Å². The Bertz CT molecular complexity index is 465. The highest BCUT2D eigenvalue weighted by Crippen LogP contribution is 2.19. The molecule has 0 amide bonds.